The summed E-state index contributed by atoms with van der Waals surface area (Å²) in [7, 11) is -4.59. The highest BCUT2D eigenvalue weighted by Gasteiger charge is 2.46. The Balaban J connectivity index is 2.51. The molecule has 0 aromatic heterocycles. The molecule has 1 fully saturated rings. The molecule has 296 valence electrons. The van der Waals surface area contributed by atoms with E-state index in [-0.39, 0.29) is 19.4 Å². The average Bonchev–Trinajstić information content (AvgIpc) is 3.07. The summed E-state index contributed by atoms with van der Waals surface area (Å²) in [6.45, 7) is 3.72. The van der Waals surface area contributed by atoms with Gasteiger partial charge in [0.1, 0.15) is 36.8 Å². The Morgan fingerprint density at radius 1 is 0.600 bits per heavy atom. The van der Waals surface area contributed by atoms with Crippen LogP contribution in [0.2, 0.25) is 0 Å². The molecule has 1 rings (SSSR count). The minimum atomic E-state index is -4.59. The number of ether oxygens (including phenoxy) is 4. The van der Waals surface area contributed by atoms with Crippen LogP contribution in [0.4, 0.5) is 0 Å². The molecule has 0 saturated carbocycles. The van der Waals surface area contributed by atoms with Crippen LogP contribution in [0, 0.1) is 0 Å². The summed E-state index contributed by atoms with van der Waals surface area (Å²) in [4.78, 5) is 25.2. The number of aliphatic hydroxyl groups excluding tert-OH is 3. The third-order valence-corrected chi connectivity index (χ3v) is 9.94. The molecule has 0 bridgehead atoms. The number of rotatable bonds is 32. The maximum absolute atomic E-state index is 12.7. The fraction of sp³-hybridized carbons (Fsp3) is 0.946. The summed E-state index contributed by atoms with van der Waals surface area (Å²) in [5.74, 6) is -1.97. The highest BCUT2D eigenvalue weighted by atomic mass is 32.2. The van der Waals surface area contributed by atoms with Gasteiger partial charge < -0.3 is 34.3 Å². The molecule has 13 heteroatoms. The Bertz CT molecular complexity index is 962. The van der Waals surface area contributed by atoms with E-state index in [0.717, 1.165) is 38.5 Å². The molecular formula is C37H70O12S. The normalized spacial score (nSPS) is 21.6. The molecule has 0 spiro atoms. The van der Waals surface area contributed by atoms with Crippen LogP contribution in [-0.4, -0.2) is 96.0 Å². The van der Waals surface area contributed by atoms with Gasteiger partial charge in [-0.05, 0) is 12.8 Å². The van der Waals surface area contributed by atoms with E-state index in [1.54, 1.807) is 0 Å². The van der Waals surface area contributed by atoms with Crippen LogP contribution in [0.1, 0.15) is 168 Å². The number of hydrogen-bond acceptors (Lipinski definition) is 11. The quantitative estimate of drug-likeness (QED) is 0.0332. The minimum absolute atomic E-state index is 0.170. The molecule has 0 radical (unpaired) electrons. The highest BCUT2D eigenvalue weighted by Crippen LogP contribution is 2.24. The van der Waals surface area contributed by atoms with Gasteiger partial charge in [-0.1, -0.05) is 142 Å². The van der Waals surface area contributed by atoms with E-state index in [9.17, 15) is 37.9 Å². The zero-order chi connectivity index (χ0) is 37.0. The standard InChI is InChI=1S/C37H70O12S/c1-3-5-7-9-11-13-15-16-18-19-21-23-25-32(38)46-27-30(48-33(39)26-24-22-20-17-14-12-10-8-6-4-2)28-47-37-36(42)35(41)34(40)31(49-37)29-50(43,44)45/h30-31,34-37,40-42H,3-29H2,1-2H3,(H,43,44,45)/t30-,31-,34-,35?,36?,37+/m1/s1. The van der Waals surface area contributed by atoms with Gasteiger partial charge in [-0.25, -0.2) is 0 Å². The third kappa shape index (κ3) is 24.0. The molecule has 0 amide bonds. The van der Waals surface area contributed by atoms with Crippen LogP contribution < -0.4 is 0 Å². The van der Waals surface area contributed by atoms with Crippen molar-refractivity contribution in [3.05, 3.63) is 0 Å². The first kappa shape index (κ1) is 46.7. The van der Waals surface area contributed by atoms with Crippen LogP contribution >= 0.6 is 0 Å². The van der Waals surface area contributed by atoms with Gasteiger partial charge in [0.15, 0.2) is 12.4 Å². The van der Waals surface area contributed by atoms with E-state index in [4.69, 9.17) is 18.9 Å². The van der Waals surface area contributed by atoms with Crippen LogP contribution in [0.5, 0.6) is 0 Å². The second-order valence-corrected chi connectivity index (χ2v) is 15.5. The summed E-state index contributed by atoms with van der Waals surface area (Å²) in [5.41, 5.74) is 0. The van der Waals surface area contributed by atoms with Gasteiger partial charge in [0.05, 0.1) is 6.61 Å². The monoisotopic (exact) mass is 738 g/mol. The fourth-order valence-electron chi connectivity index (χ4n) is 6.09. The Kier molecular flexibility index (Phi) is 27.2. The van der Waals surface area contributed by atoms with Crippen molar-refractivity contribution in [2.75, 3.05) is 19.0 Å². The molecule has 2 unspecified atom stereocenters. The Hall–Kier alpha value is -1.35. The van der Waals surface area contributed by atoms with E-state index < -0.39 is 71.2 Å². The van der Waals surface area contributed by atoms with Gasteiger partial charge in [0, 0.05) is 12.8 Å². The Labute approximate surface area is 302 Å². The molecule has 4 N–H and O–H groups in total. The van der Waals surface area contributed by atoms with E-state index in [0.29, 0.717) is 12.8 Å². The lowest BCUT2D eigenvalue weighted by Crippen LogP contribution is -2.60. The summed E-state index contributed by atoms with van der Waals surface area (Å²) in [6, 6.07) is 0. The molecule has 1 aliphatic heterocycles. The van der Waals surface area contributed by atoms with E-state index in [2.05, 4.69) is 13.8 Å². The first-order chi connectivity index (χ1) is 24.0. The molecule has 0 aliphatic carbocycles. The molecule has 12 nitrogen and oxygen atoms in total. The maximum Gasteiger partial charge on any atom is 0.306 e. The number of unbranched alkanes of at least 4 members (excludes halogenated alkanes) is 20. The van der Waals surface area contributed by atoms with Crippen molar-refractivity contribution in [3.8, 4) is 0 Å². The fourth-order valence-corrected chi connectivity index (χ4v) is 6.78. The summed E-state index contributed by atoms with van der Waals surface area (Å²) in [5, 5.41) is 30.7. The smallest absolute Gasteiger partial charge is 0.306 e. The van der Waals surface area contributed by atoms with Crippen LogP contribution in [-0.2, 0) is 38.7 Å². The molecule has 1 saturated heterocycles. The SMILES string of the molecule is CCCCCCCCCCCCCCC(=O)OC[C@H](CO[C@H]1O[C@H](CS(=O)(=O)O)[C@@H](O)C(O)C1O)OC(=O)CCCCCCCCCCCC. The van der Waals surface area contributed by atoms with Gasteiger partial charge in [0.2, 0.25) is 0 Å². The third-order valence-electron chi connectivity index (χ3n) is 9.19. The van der Waals surface area contributed by atoms with Crippen molar-refractivity contribution < 1.29 is 56.8 Å². The van der Waals surface area contributed by atoms with E-state index >= 15 is 0 Å². The molecule has 0 aromatic rings. The predicted octanol–water partition coefficient (Wildman–Crippen LogP) is 6.56. The average molecular weight is 739 g/mol. The summed E-state index contributed by atoms with van der Waals surface area (Å²) >= 11 is 0. The van der Waals surface area contributed by atoms with Gasteiger partial charge >= 0.3 is 11.9 Å². The molecular weight excluding hydrogens is 668 g/mol. The second kappa shape index (κ2) is 29.1. The maximum atomic E-state index is 12.7. The highest BCUT2D eigenvalue weighted by molar-refractivity contribution is 7.85. The molecule has 6 atom stereocenters. The number of carbonyl (C=O) groups is 2. The first-order valence-corrected chi connectivity index (χ1v) is 21.2. The summed E-state index contributed by atoms with van der Waals surface area (Å²) in [6.07, 6.45) is 16.0. The van der Waals surface area contributed by atoms with Crippen LogP contribution in [0.3, 0.4) is 0 Å². The number of esters is 2. The van der Waals surface area contributed by atoms with Crippen molar-refractivity contribution in [3.63, 3.8) is 0 Å². The summed E-state index contributed by atoms with van der Waals surface area (Å²) < 4.78 is 53.8. The Morgan fingerprint density at radius 3 is 1.46 bits per heavy atom. The largest absolute Gasteiger partial charge is 0.462 e. The topological polar surface area (TPSA) is 186 Å². The number of carbonyl (C=O) groups excluding carboxylic acids is 2. The van der Waals surface area contributed by atoms with Crippen LogP contribution in [0.25, 0.3) is 0 Å². The zero-order valence-electron chi connectivity index (χ0n) is 31.0. The van der Waals surface area contributed by atoms with Crippen molar-refractivity contribution >= 4 is 22.1 Å². The second-order valence-electron chi connectivity index (χ2n) is 14.0. The molecule has 50 heavy (non-hydrogen) atoms. The lowest BCUT2D eigenvalue weighted by molar-refractivity contribution is -0.297. The van der Waals surface area contributed by atoms with Crippen molar-refractivity contribution in [2.45, 2.75) is 205 Å². The Morgan fingerprint density at radius 2 is 1.02 bits per heavy atom. The van der Waals surface area contributed by atoms with Gasteiger partial charge in [-0.2, -0.15) is 8.42 Å². The molecule has 1 aliphatic rings. The lowest BCUT2D eigenvalue weighted by Gasteiger charge is -2.40. The molecule has 0 aromatic carbocycles. The lowest BCUT2D eigenvalue weighted by atomic mass is 10.00. The van der Waals surface area contributed by atoms with E-state index in [1.807, 2.05) is 0 Å². The van der Waals surface area contributed by atoms with Gasteiger partial charge in [0.25, 0.3) is 10.1 Å². The minimum Gasteiger partial charge on any atom is -0.462 e. The van der Waals surface area contributed by atoms with Crippen LogP contribution in [0.15, 0.2) is 0 Å². The number of hydrogen-bond donors (Lipinski definition) is 4. The number of aliphatic hydroxyl groups is 3. The predicted molar refractivity (Wildman–Crippen MR) is 192 cm³/mol. The zero-order valence-corrected chi connectivity index (χ0v) is 31.8. The van der Waals surface area contributed by atoms with Gasteiger partial charge in [-0.15, -0.1) is 0 Å². The van der Waals surface area contributed by atoms with Crippen molar-refractivity contribution in [1.82, 2.24) is 0 Å². The van der Waals surface area contributed by atoms with E-state index in [1.165, 1.54) is 89.9 Å². The van der Waals surface area contributed by atoms with Crippen molar-refractivity contribution in [2.24, 2.45) is 0 Å². The molecule has 1 heterocycles. The van der Waals surface area contributed by atoms with Gasteiger partial charge in [-0.3, -0.25) is 14.1 Å². The van der Waals surface area contributed by atoms with Crippen molar-refractivity contribution in [1.29, 1.82) is 0 Å². The first-order valence-electron chi connectivity index (χ1n) is 19.6.